The molecule has 0 bridgehead atoms. The van der Waals surface area contributed by atoms with E-state index in [2.05, 4.69) is 23.9 Å². The molecular weight excluding hydrogens is 264 g/mol. The zero-order valence-electron chi connectivity index (χ0n) is 12.2. The van der Waals surface area contributed by atoms with Gasteiger partial charge in [-0.15, -0.1) is 0 Å². The van der Waals surface area contributed by atoms with Crippen LogP contribution in [0.15, 0.2) is 0 Å². The molecule has 5 nitrogen and oxygen atoms in total. The summed E-state index contributed by atoms with van der Waals surface area (Å²) in [5, 5.41) is 3.21. The Balaban J connectivity index is 2.19. The molecule has 0 spiro atoms. The molecule has 0 aromatic carbocycles. The van der Waals surface area contributed by atoms with Crippen LogP contribution in [-0.2, 0) is 14.8 Å². The van der Waals surface area contributed by atoms with Crippen molar-refractivity contribution in [1.29, 1.82) is 0 Å². The van der Waals surface area contributed by atoms with E-state index >= 15 is 0 Å². The van der Waals surface area contributed by atoms with Crippen LogP contribution in [0.5, 0.6) is 0 Å². The van der Waals surface area contributed by atoms with Crippen molar-refractivity contribution in [3.8, 4) is 0 Å². The van der Waals surface area contributed by atoms with Crippen molar-refractivity contribution in [3.05, 3.63) is 0 Å². The molecule has 0 aromatic heterocycles. The third kappa shape index (κ3) is 6.70. The standard InChI is InChI=1S/C13H28N2O3S/c1-3-7-14-8-5-10-19(16,17)15-11-12-6-9-18-13(12)4-2/h12-15H,3-11H2,1-2H3. The summed E-state index contributed by atoms with van der Waals surface area (Å²) in [6, 6.07) is 0. The van der Waals surface area contributed by atoms with E-state index in [9.17, 15) is 8.42 Å². The Morgan fingerprint density at radius 2 is 2.05 bits per heavy atom. The van der Waals surface area contributed by atoms with Gasteiger partial charge in [0.1, 0.15) is 0 Å². The van der Waals surface area contributed by atoms with E-state index in [4.69, 9.17) is 4.74 Å². The lowest BCUT2D eigenvalue weighted by Gasteiger charge is -2.17. The highest BCUT2D eigenvalue weighted by molar-refractivity contribution is 7.89. The number of nitrogens with one attached hydrogen (secondary N) is 2. The molecule has 2 unspecified atom stereocenters. The second-order valence-electron chi connectivity index (χ2n) is 5.14. The second-order valence-corrected chi connectivity index (χ2v) is 7.06. The summed E-state index contributed by atoms with van der Waals surface area (Å²) in [4.78, 5) is 0. The Morgan fingerprint density at radius 1 is 1.26 bits per heavy atom. The smallest absolute Gasteiger partial charge is 0.211 e. The van der Waals surface area contributed by atoms with Gasteiger partial charge in [0.2, 0.25) is 10.0 Å². The lowest BCUT2D eigenvalue weighted by Crippen LogP contribution is -2.34. The first kappa shape index (κ1) is 16.9. The molecule has 1 saturated heterocycles. The molecular formula is C13H28N2O3S. The van der Waals surface area contributed by atoms with Crippen molar-refractivity contribution < 1.29 is 13.2 Å². The molecule has 1 aliphatic rings. The zero-order chi connectivity index (χ0) is 14.1. The Bertz CT molecular complexity index is 333. The van der Waals surface area contributed by atoms with Gasteiger partial charge >= 0.3 is 0 Å². The third-order valence-corrected chi connectivity index (χ3v) is 4.94. The second kappa shape index (κ2) is 8.89. The maximum atomic E-state index is 11.8. The van der Waals surface area contributed by atoms with Crippen LogP contribution in [0.25, 0.3) is 0 Å². The maximum absolute atomic E-state index is 11.8. The fraction of sp³-hybridized carbons (Fsp3) is 1.00. The van der Waals surface area contributed by atoms with Crippen molar-refractivity contribution in [3.63, 3.8) is 0 Å². The van der Waals surface area contributed by atoms with Gasteiger partial charge in [-0.05, 0) is 38.8 Å². The minimum Gasteiger partial charge on any atom is -0.378 e. The molecule has 1 aliphatic heterocycles. The van der Waals surface area contributed by atoms with Gasteiger partial charge in [-0.3, -0.25) is 0 Å². The van der Waals surface area contributed by atoms with Crippen molar-refractivity contribution in [2.45, 2.75) is 45.6 Å². The quantitative estimate of drug-likeness (QED) is 0.592. The summed E-state index contributed by atoms with van der Waals surface area (Å²) in [6.07, 6.45) is 3.86. The topological polar surface area (TPSA) is 67.4 Å². The molecule has 114 valence electrons. The van der Waals surface area contributed by atoms with E-state index in [1.807, 2.05) is 0 Å². The lowest BCUT2D eigenvalue weighted by atomic mass is 10.0. The van der Waals surface area contributed by atoms with Crippen LogP contribution >= 0.6 is 0 Å². The van der Waals surface area contributed by atoms with Gasteiger partial charge in [-0.2, -0.15) is 0 Å². The summed E-state index contributed by atoms with van der Waals surface area (Å²) in [7, 11) is -3.13. The first-order valence-electron chi connectivity index (χ1n) is 7.38. The lowest BCUT2D eigenvalue weighted by molar-refractivity contribution is 0.0884. The molecule has 1 fully saturated rings. The highest BCUT2D eigenvalue weighted by atomic mass is 32.2. The van der Waals surface area contributed by atoms with Crippen molar-refractivity contribution in [1.82, 2.24) is 10.0 Å². The first-order valence-corrected chi connectivity index (χ1v) is 9.04. The summed E-state index contributed by atoms with van der Waals surface area (Å²) < 4.78 is 32.0. The van der Waals surface area contributed by atoms with Crippen LogP contribution in [0, 0.1) is 5.92 Å². The predicted octanol–water partition coefficient (Wildman–Crippen LogP) is 1.11. The molecule has 19 heavy (non-hydrogen) atoms. The zero-order valence-corrected chi connectivity index (χ0v) is 13.0. The minimum atomic E-state index is -3.13. The normalized spacial score (nSPS) is 23.9. The summed E-state index contributed by atoms with van der Waals surface area (Å²) >= 11 is 0. The number of hydrogen-bond acceptors (Lipinski definition) is 4. The van der Waals surface area contributed by atoms with Gasteiger partial charge in [0.05, 0.1) is 11.9 Å². The summed E-state index contributed by atoms with van der Waals surface area (Å²) in [5.41, 5.74) is 0. The van der Waals surface area contributed by atoms with Crippen LogP contribution in [0.1, 0.15) is 39.5 Å². The van der Waals surface area contributed by atoms with E-state index in [0.29, 0.717) is 18.9 Å². The highest BCUT2D eigenvalue weighted by Gasteiger charge is 2.27. The van der Waals surface area contributed by atoms with Gasteiger partial charge < -0.3 is 10.1 Å². The third-order valence-electron chi connectivity index (χ3n) is 3.51. The summed E-state index contributed by atoms with van der Waals surface area (Å²) in [5.74, 6) is 0.534. The molecule has 0 aromatic rings. The molecule has 2 N–H and O–H groups in total. The van der Waals surface area contributed by atoms with Gasteiger partial charge in [0.15, 0.2) is 0 Å². The molecule has 6 heteroatoms. The average molecular weight is 292 g/mol. The molecule has 1 rings (SSSR count). The molecule has 0 radical (unpaired) electrons. The highest BCUT2D eigenvalue weighted by Crippen LogP contribution is 2.22. The number of ether oxygens (including phenoxy) is 1. The van der Waals surface area contributed by atoms with E-state index in [1.165, 1.54) is 0 Å². The Kier molecular flexibility index (Phi) is 7.90. The van der Waals surface area contributed by atoms with Gasteiger partial charge in [-0.1, -0.05) is 13.8 Å². The molecule has 0 saturated carbocycles. The van der Waals surface area contributed by atoms with Crippen molar-refractivity contribution in [2.75, 3.05) is 32.0 Å². The van der Waals surface area contributed by atoms with E-state index in [-0.39, 0.29) is 11.9 Å². The summed E-state index contributed by atoms with van der Waals surface area (Å²) in [6.45, 7) is 7.16. The fourth-order valence-electron chi connectivity index (χ4n) is 2.37. The Hall–Kier alpha value is -0.170. The average Bonchev–Trinajstić information content (AvgIpc) is 2.83. The number of hydrogen-bond donors (Lipinski definition) is 2. The van der Waals surface area contributed by atoms with Crippen LogP contribution in [0.3, 0.4) is 0 Å². The number of rotatable bonds is 10. The van der Waals surface area contributed by atoms with Gasteiger partial charge in [0.25, 0.3) is 0 Å². The molecule has 0 aliphatic carbocycles. The van der Waals surface area contributed by atoms with Crippen molar-refractivity contribution in [2.24, 2.45) is 5.92 Å². The van der Waals surface area contributed by atoms with E-state index in [1.54, 1.807) is 0 Å². The fourth-order valence-corrected chi connectivity index (χ4v) is 3.51. The Labute approximate surface area is 117 Å². The number of sulfonamides is 1. The Morgan fingerprint density at radius 3 is 2.74 bits per heavy atom. The molecule has 1 heterocycles. The van der Waals surface area contributed by atoms with E-state index < -0.39 is 10.0 Å². The SMILES string of the molecule is CCCNCCCS(=O)(=O)NCC1CCOC1CC. The minimum absolute atomic E-state index is 0.202. The van der Waals surface area contributed by atoms with Crippen LogP contribution in [-0.4, -0.2) is 46.5 Å². The first-order chi connectivity index (χ1) is 9.09. The van der Waals surface area contributed by atoms with Crippen LogP contribution < -0.4 is 10.0 Å². The van der Waals surface area contributed by atoms with Crippen LogP contribution in [0.2, 0.25) is 0 Å². The predicted molar refractivity (Wildman–Crippen MR) is 77.7 cm³/mol. The maximum Gasteiger partial charge on any atom is 0.211 e. The monoisotopic (exact) mass is 292 g/mol. The van der Waals surface area contributed by atoms with E-state index in [0.717, 1.165) is 39.0 Å². The van der Waals surface area contributed by atoms with Gasteiger partial charge in [0, 0.05) is 19.1 Å². The van der Waals surface area contributed by atoms with Crippen molar-refractivity contribution >= 4 is 10.0 Å². The molecule has 2 atom stereocenters. The van der Waals surface area contributed by atoms with Crippen LogP contribution in [0.4, 0.5) is 0 Å². The largest absolute Gasteiger partial charge is 0.378 e. The molecule has 0 amide bonds. The van der Waals surface area contributed by atoms with Gasteiger partial charge in [-0.25, -0.2) is 13.1 Å².